The molecule has 0 radical (unpaired) electrons. The highest BCUT2D eigenvalue weighted by Gasteiger charge is 2.42. The van der Waals surface area contributed by atoms with Crippen molar-refractivity contribution in [3.63, 3.8) is 0 Å². The van der Waals surface area contributed by atoms with E-state index in [1.807, 2.05) is 60.7 Å². The van der Waals surface area contributed by atoms with E-state index in [9.17, 15) is 14.5 Å². The molecule has 0 aliphatic heterocycles. The summed E-state index contributed by atoms with van der Waals surface area (Å²) in [4.78, 5) is 24.6. The lowest BCUT2D eigenvalue weighted by Gasteiger charge is -2.35. The SMILES string of the molecule is CC(C)N([C@@H](C)C(=O)O)P(=O)(CO[C@H](C)Cn1cnc2c(N)ncnc21)ON=C(Cc1ccccc1)Cc1ccccc1. The number of nitrogens with zero attached hydrogens (tertiary/aromatic N) is 6. The summed E-state index contributed by atoms with van der Waals surface area (Å²) in [5.41, 5.74) is 9.59. The fourth-order valence-corrected chi connectivity index (χ4v) is 7.08. The molecule has 0 fully saturated rings. The number of carboxylic acids is 1. The van der Waals surface area contributed by atoms with Gasteiger partial charge in [-0.1, -0.05) is 65.8 Å². The summed E-state index contributed by atoms with van der Waals surface area (Å²) in [6, 6.07) is 18.0. The molecule has 2 heterocycles. The van der Waals surface area contributed by atoms with Crippen LogP contribution in [0.3, 0.4) is 0 Å². The van der Waals surface area contributed by atoms with Crippen molar-refractivity contribution in [1.29, 1.82) is 0 Å². The van der Waals surface area contributed by atoms with Crippen molar-refractivity contribution < 1.29 is 23.8 Å². The number of aliphatic carboxylic acids is 1. The Bertz CT molecular complexity index is 1540. The molecule has 13 heteroatoms. The van der Waals surface area contributed by atoms with E-state index in [2.05, 4.69) is 20.1 Å². The lowest BCUT2D eigenvalue weighted by atomic mass is 10.0. The summed E-state index contributed by atoms with van der Waals surface area (Å²) in [6.45, 7) is 7.13. The number of anilines is 1. The molecule has 2 aromatic carbocycles. The number of hydrogen-bond donors (Lipinski definition) is 2. The second-order valence-corrected chi connectivity index (χ2v) is 12.8. The van der Waals surface area contributed by atoms with Gasteiger partial charge in [0.1, 0.15) is 24.2 Å². The lowest BCUT2D eigenvalue weighted by Crippen LogP contribution is -2.42. The van der Waals surface area contributed by atoms with E-state index < -0.39 is 31.7 Å². The number of carboxylic acid groups (broad SMARTS) is 1. The van der Waals surface area contributed by atoms with Crippen LogP contribution in [0.1, 0.15) is 38.8 Å². The molecule has 4 rings (SSSR count). The van der Waals surface area contributed by atoms with Gasteiger partial charge in [-0.25, -0.2) is 19.6 Å². The van der Waals surface area contributed by atoms with Gasteiger partial charge in [0.25, 0.3) is 0 Å². The van der Waals surface area contributed by atoms with Gasteiger partial charge in [0.05, 0.1) is 24.7 Å². The number of oxime groups is 1. The van der Waals surface area contributed by atoms with E-state index in [4.69, 9.17) is 15.1 Å². The van der Waals surface area contributed by atoms with Gasteiger partial charge >= 0.3 is 13.5 Å². The standard InChI is InChI=1S/C30H38N7O5P/c1-21(2)37(23(4)30(38)39)43(40,20-41-22(3)17-36-19-34-27-28(31)32-18-33-29(27)36)42-35-26(15-24-11-7-5-8-12-24)16-25-13-9-6-10-14-25/h5-14,18-19,21-23H,15-17,20H2,1-4H3,(H,38,39)(H2,31,32,33)/t22-,23+,43?/m1/s1. The van der Waals surface area contributed by atoms with E-state index in [-0.39, 0.29) is 12.2 Å². The Kier molecular flexibility index (Phi) is 10.6. The number of fused-ring (bicyclic) bond motifs is 1. The third-order valence-electron chi connectivity index (χ3n) is 6.84. The minimum Gasteiger partial charge on any atom is -0.480 e. The third kappa shape index (κ3) is 8.25. The Hall–Kier alpha value is -4.12. The van der Waals surface area contributed by atoms with Crippen LogP contribution in [-0.2, 0) is 38.1 Å². The largest absolute Gasteiger partial charge is 0.480 e. The van der Waals surface area contributed by atoms with E-state index >= 15 is 0 Å². The van der Waals surface area contributed by atoms with Crippen LogP contribution in [-0.4, -0.2) is 65.5 Å². The van der Waals surface area contributed by atoms with E-state index in [1.165, 1.54) is 17.9 Å². The predicted octanol–water partition coefficient (Wildman–Crippen LogP) is 5.01. The first-order chi connectivity index (χ1) is 20.6. The molecular formula is C30H38N7O5P. The summed E-state index contributed by atoms with van der Waals surface area (Å²) in [7, 11) is -3.99. The fourth-order valence-electron chi connectivity index (χ4n) is 4.80. The van der Waals surface area contributed by atoms with Gasteiger partial charge in [-0.05, 0) is 38.8 Å². The number of aromatic nitrogens is 4. The molecule has 0 aliphatic rings. The van der Waals surface area contributed by atoms with Gasteiger partial charge in [-0.2, -0.15) is 0 Å². The number of rotatable bonds is 15. The molecule has 0 spiro atoms. The molecule has 0 amide bonds. The van der Waals surface area contributed by atoms with Crippen molar-refractivity contribution in [3.05, 3.63) is 84.4 Å². The molecule has 0 bridgehead atoms. The van der Waals surface area contributed by atoms with Gasteiger partial charge in [0, 0.05) is 18.9 Å². The first-order valence-electron chi connectivity index (χ1n) is 14.0. The average Bonchev–Trinajstić information content (AvgIpc) is 3.39. The van der Waals surface area contributed by atoms with Crippen molar-refractivity contribution in [3.8, 4) is 0 Å². The summed E-state index contributed by atoms with van der Waals surface area (Å²) >= 11 is 0. The maximum Gasteiger partial charge on any atom is 0.367 e. The van der Waals surface area contributed by atoms with Gasteiger partial charge in [-0.3, -0.25) is 9.36 Å². The quantitative estimate of drug-likeness (QED) is 0.107. The van der Waals surface area contributed by atoms with Crippen LogP contribution in [0.2, 0.25) is 0 Å². The topological polar surface area (TPSA) is 158 Å². The summed E-state index contributed by atoms with van der Waals surface area (Å²) in [6.07, 6.45) is 3.00. The zero-order valence-corrected chi connectivity index (χ0v) is 25.7. The molecular weight excluding hydrogens is 569 g/mol. The number of carbonyl (C=O) groups is 1. The highest BCUT2D eigenvalue weighted by Crippen LogP contribution is 2.54. The van der Waals surface area contributed by atoms with Crippen molar-refractivity contribution in [1.82, 2.24) is 24.2 Å². The zero-order valence-electron chi connectivity index (χ0n) is 24.8. The Morgan fingerprint density at radius 1 is 1.00 bits per heavy atom. The Morgan fingerprint density at radius 3 is 2.16 bits per heavy atom. The molecule has 0 saturated heterocycles. The molecule has 2 aromatic heterocycles. The number of ether oxygens (including phenoxy) is 1. The molecule has 12 nitrogen and oxygen atoms in total. The van der Waals surface area contributed by atoms with Crippen LogP contribution < -0.4 is 5.73 Å². The molecule has 228 valence electrons. The number of nitrogen functional groups attached to an aromatic ring is 1. The highest BCUT2D eigenvalue weighted by molar-refractivity contribution is 7.56. The minimum atomic E-state index is -3.99. The minimum absolute atomic E-state index is 0.269. The smallest absolute Gasteiger partial charge is 0.367 e. The van der Waals surface area contributed by atoms with Crippen molar-refractivity contribution in [2.24, 2.45) is 5.16 Å². The second-order valence-electron chi connectivity index (χ2n) is 10.6. The van der Waals surface area contributed by atoms with Gasteiger partial charge in [-0.15, -0.1) is 0 Å². The predicted molar refractivity (Wildman–Crippen MR) is 166 cm³/mol. The molecule has 4 aromatic rings. The molecule has 43 heavy (non-hydrogen) atoms. The van der Waals surface area contributed by atoms with Crippen LogP contribution in [0.5, 0.6) is 0 Å². The van der Waals surface area contributed by atoms with Gasteiger partial charge < -0.3 is 24.8 Å². The molecule has 3 atom stereocenters. The Balaban J connectivity index is 1.61. The molecule has 0 saturated carbocycles. The maximum absolute atomic E-state index is 14.6. The molecule has 1 unspecified atom stereocenters. The zero-order chi connectivity index (χ0) is 31.0. The fraction of sp³-hybridized carbons (Fsp3) is 0.367. The summed E-state index contributed by atoms with van der Waals surface area (Å²) in [5.74, 6) is -0.865. The Labute approximate surface area is 251 Å². The average molecular weight is 608 g/mol. The second kappa shape index (κ2) is 14.4. The molecule has 0 aliphatic carbocycles. The number of nitrogens with two attached hydrogens (primary N) is 1. The number of hydrogen-bond acceptors (Lipinski definition) is 9. The van der Waals surface area contributed by atoms with Crippen LogP contribution >= 0.6 is 7.52 Å². The summed E-state index contributed by atoms with van der Waals surface area (Å²) in [5, 5.41) is 14.3. The molecule has 3 N–H and O–H groups in total. The lowest BCUT2D eigenvalue weighted by molar-refractivity contribution is -0.141. The van der Waals surface area contributed by atoms with Gasteiger partial charge in [0.15, 0.2) is 11.5 Å². The Morgan fingerprint density at radius 2 is 1.60 bits per heavy atom. The van der Waals surface area contributed by atoms with E-state index in [0.29, 0.717) is 36.3 Å². The summed E-state index contributed by atoms with van der Waals surface area (Å²) < 4.78 is 29.7. The number of benzene rings is 2. The third-order valence-corrected chi connectivity index (χ3v) is 9.16. The monoisotopic (exact) mass is 607 g/mol. The van der Waals surface area contributed by atoms with Crippen LogP contribution in [0.25, 0.3) is 11.2 Å². The first kappa shape index (κ1) is 31.8. The van der Waals surface area contributed by atoms with Crippen molar-refractivity contribution in [2.45, 2.75) is 65.3 Å². The first-order valence-corrected chi connectivity index (χ1v) is 15.8. The van der Waals surface area contributed by atoms with Crippen molar-refractivity contribution >= 4 is 36.2 Å². The van der Waals surface area contributed by atoms with Gasteiger partial charge in [0.2, 0.25) is 0 Å². The van der Waals surface area contributed by atoms with E-state index in [0.717, 1.165) is 11.1 Å². The van der Waals surface area contributed by atoms with Crippen LogP contribution in [0.4, 0.5) is 5.82 Å². The van der Waals surface area contributed by atoms with Crippen molar-refractivity contribution in [2.75, 3.05) is 12.1 Å². The van der Waals surface area contributed by atoms with Crippen LogP contribution in [0.15, 0.2) is 78.5 Å². The normalized spacial score (nSPS) is 14.4. The van der Waals surface area contributed by atoms with Crippen LogP contribution in [0, 0.1) is 0 Å². The van der Waals surface area contributed by atoms with E-state index in [1.54, 1.807) is 31.7 Å². The highest BCUT2D eigenvalue weighted by atomic mass is 31.2. The maximum atomic E-state index is 14.6. The number of imidazole rings is 1.